The first-order valence-electron chi connectivity index (χ1n) is 6.07. The molecule has 2 amide bonds. The van der Waals surface area contributed by atoms with Gasteiger partial charge in [-0.05, 0) is 19.1 Å². The lowest BCUT2D eigenvalue weighted by molar-refractivity contribution is -0.0558. The topological polar surface area (TPSA) is 77.9 Å². The molecule has 0 saturated carbocycles. The lowest BCUT2D eigenvalue weighted by Crippen LogP contribution is -2.38. The third-order valence-corrected chi connectivity index (χ3v) is 3.65. The number of hydrogen-bond acceptors (Lipinski definition) is 4. The Morgan fingerprint density at radius 1 is 1.40 bits per heavy atom. The van der Waals surface area contributed by atoms with Gasteiger partial charge in [-0.3, -0.25) is 14.4 Å². The normalized spacial score (nSPS) is 20.9. The van der Waals surface area contributed by atoms with Crippen molar-refractivity contribution >= 4 is 18.1 Å². The zero-order valence-electron chi connectivity index (χ0n) is 11.8. The van der Waals surface area contributed by atoms with E-state index in [0.717, 1.165) is 0 Å². The van der Waals surface area contributed by atoms with Gasteiger partial charge in [-0.2, -0.15) is 0 Å². The summed E-state index contributed by atoms with van der Waals surface area (Å²) in [5, 5.41) is 10.4. The maximum absolute atomic E-state index is 12.1. The average Bonchev–Trinajstić information content (AvgIpc) is 2.57. The minimum atomic E-state index is -1.49. The molecule has 6 heteroatoms. The molecule has 0 bridgehead atoms. The summed E-state index contributed by atoms with van der Waals surface area (Å²) < 4.78 is 0. The second-order valence-electron chi connectivity index (χ2n) is 5.19. The molecule has 0 radical (unpaired) electrons. The van der Waals surface area contributed by atoms with Gasteiger partial charge in [0.15, 0.2) is 12.0 Å². The fraction of sp³-hybridized carbons (Fsp3) is 0.357. The van der Waals surface area contributed by atoms with Crippen LogP contribution in [0.4, 0.5) is 0 Å². The van der Waals surface area contributed by atoms with Gasteiger partial charge < -0.3 is 14.9 Å². The Morgan fingerprint density at radius 3 is 2.50 bits per heavy atom. The first kappa shape index (κ1) is 14.2. The molecule has 1 atom stereocenters. The van der Waals surface area contributed by atoms with Crippen LogP contribution in [0, 0.1) is 0 Å². The number of rotatable bonds is 2. The molecule has 0 aromatic heterocycles. The summed E-state index contributed by atoms with van der Waals surface area (Å²) in [6.45, 7) is 1.47. The number of carbonyl (C=O) groups excluding carboxylic acids is 3. The largest absolute Gasteiger partial charge is 0.367 e. The molecule has 20 heavy (non-hydrogen) atoms. The van der Waals surface area contributed by atoms with Gasteiger partial charge in [-0.25, -0.2) is 0 Å². The van der Waals surface area contributed by atoms with Gasteiger partial charge in [0.25, 0.3) is 11.8 Å². The van der Waals surface area contributed by atoms with E-state index in [1.165, 1.54) is 35.9 Å². The molecule has 2 rings (SSSR count). The summed E-state index contributed by atoms with van der Waals surface area (Å²) >= 11 is 0. The highest BCUT2D eigenvalue weighted by molar-refractivity contribution is 6.06. The fourth-order valence-electron chi connectivity index (χ4n) is 2.27. The van der Waals surface area contributed by atoms with Crippen molar-refractivity contribution in [3.8, 4) is 0 Å². The monoisotopic (exact) mass is 276 g/mol. The minimum Gasteiger partial charge on any atom is -0.367 e. The number of carbonyl (C=O) groups is 3. The third-order valence-electron chi connectivity index (χ3n) is 3.65. The Morgan fingerprint density at radius 2 is 2.00 bits per heavy atom. The van der Waals surface area contributed by atoms with Gasteiger partial charge >= 0.3 is 0 Å². The van der Waals surface area contributed by atoms with E-state index in [4.69, 9.17) is 0 Å². The van der Waals surface area contributed by atoms with E-state index in [0.29, 0.717) is 11.8 Å². The number of aliphatic hydroxyl groups is 1. The lowest BCUT2D eigenvalue weighted by atomic mass is 9.95. The summed E-state index contributed by atoms with van der Waals surface area (Å²) in [4.78, 5) is 37.8. The summed E-state index contributed by atoms with van der Waals surface area (Å²) in [5.74, 6) is -0.732. The zero-order chi connectivity index (χ0) is 15.2. The van der Waals surface area contributed by atoms with E-state index in [9.17, 15) is 19.5 Å². The molecule has 1 unspecified atom stereocenters. The molecular formula is C14H16N2O4. The first-order valence-corrected chi connectivity index (χ1v) is 6.07. The van der Waals surface area contributed by atoms with Crippen molar-refractivity contribution in [3.63, 3.8) is 0 Å². The second kappa shape index (κ2) is 4.42. The Kier molecular flexibility index (Phi) is 3.14. The Balaban J connectivity index is 2.72. The Bertz CT molecular complexity index is 620. The number of nitrogens with zero attached hydrogens (tertiary/aromatic N) is 2. The van der Waals surface area contributed by atoms with E-state index in [1.807, 2.05) is 0 Å². The van der Waals surface area contributed by atoms with E-state index in [-0.39, 0.29) is 28.5 Å². The molecule has 1 aromatic carbocycles. The van der Waals surface area contributed by atoms with Crippen molar-refractivity contribution in [2.24, 2.45) is 0 Å². The summed E-state index contributed by atoms with van der Waals surface area (Å²) in [6, 6.07) is 2.78. The molecule has 1 heterocycles. The van der Waals surface area contributed by atoms with Crippen LogP contribution in [0.1, 0.15) is 43.6 Å². The summed E-state index contributed by atoms with van der Waals surface area (Å²) in [6.07, 6.45) is 0.539. The highest BCUT2D eigenvalue weighted by Gasteiger charge is 2.43. The quantitative estimate of drug-likeness (QED) is 0.796. The maximum Gasteiger partial charge on any atom is 0.256 e. The molecule has 1 N–H and O–H groups in total. The average molecular weight is 276 g/mol. The van der Waals surface area contributed by atoms with Crippen molar-refractivity contribution in [2.45, 2.75) is 12.6 Å². The molecule has 106 valence electrons. The number of hydrogen-bond donors (Lipinski definition) is 1. The molecule has 1 aliphatic rings. The van der Waals surface area contributed by atoms with Crippen LogP contribution in [-0.4, -0.2) is 54.1 Å². The summed E-state index contributed by atoms with van der Waals surface area (Å²) in [7, 11) is 4.61. The van der Waals surface area contributed by atoms with E-state index in [1.54, 1.807) is 14.1 Å². The number of aldehydes is 1. The Labute approximate surface area is 116 Å². The van der Waals surface area contributed by atoms with Gasteiger partial charge in [0, 0.05) is 37.8 Å². The SMILES string of the molecule is CN(C)C(=O)c1cc2c(cc1C=O)C(=O)N(C)C2(C)O. The minimum absolute atomic E-state index is 0.141. The highest BCUT2D eigenvalue weighted by Crippen LogP contribution is 2.37. The van der Waals surface area contributed by atoms with Crippen molar-refractivity contribution < 1.29 is 19.5 Å². The van der Waals surface area contributed by atoms with Gasteiger partial charge in [-0.1, -0.05) is 0 Å². The van der Waals surface area contributed by atoms with Crippen molar-refractivity contribution in [1.29, 1.82) is 0 Å². The van der Waals surface area contributed by atoms with Crippen LogP contribution < -0.4 is 0 Å². The van der Waals surface area contributed by atoms with Crippen molar-refractivity contribution in [1.82, 2.24) is 9.80 Å². The predicted octanol–water partition coefficient (Wildman–Crippen LogP) is 0.452. The van der Waals surface area contributed by atoms with E-state index in [2.05, 4.69) is 0 Å². The predicted molar refractivity (Wildman–Crippen MR) is 71.5 cm³/mol. The molecule has 0 fully saturated rings. The molecule has 1 aliphatic heterocycles. The van der Waals surface area contributed by atoms with Gasteiger partial charge in [0.05, 0.1) is 5.56 Å². The third kappa shape index (κ3) is 1.80. The van der Waals surface area contributed by atoms with Crippen molar-refractivity contribution in [2.75, 3.05) is 21.1 Å². The lowest BCUT2D eigenvalue weighted by Gasteiger charge is -2.27. The van der Waals surface area contributed by atoms with Crippen LogP contribution in [0.15, 0.2) is 12.1 Å². The molecule has 6 nitrogen and oxygen atoms in total. The van der Waals surface area contributed by atoms with Crippen molar-refractivity contribution in [3.05, 3.63) is 34.4 Å². The van der Waals surface area contributed by atoms with E-state index < -0.39 is 5.72 Å². The smallest absolute Gasteiger partial charge is 0.256 e. The van der Waals surface area contributed by atoms with Gasteiger partial charge in [0.1, 0.15) is 0 Å². The van der Waals surface area contributed by atoms with Crippen LogP contribution >= 0.6 is 0 Å². The van der Waals surface area contributed by atoms with Crippen LogP contribution in [0.3, 0.4) is 0 Å². The molecule has 1 aromatic rings. The molecule has 0 saturated heterocycles. The number of benzene rings is 1. The maximum atomic E-state index is 12.1. The number of amides is 2. The van der Waals surface area contributed by atoms with E-state index >= 15 is 0 Å². The van der Waals surface area contributed by atoms with Crippen LogP contribution in [-0.2, 0) is 5.72 Å². The molecule has 0 aliphatic carbocycles. The highest BCUT2D eigenvalue weighted by atomic mass is 16.3. The number of fused-ring (bicyclic) bond motifs is 1. The van der Waals surface area contributed by atoms with Gasteiger partial charge in [0.2, 0.25) is 0 Å². The molecule has 0 spiro atoms. The van der Waals surface area contributed by atoms with Gasteiger partial charge in [-0.15, -0.1) is 0 Å². The first-order chi connectivity index (χ1) is 9.21. The fourth-order valence-corrected chi connectivity index (χ4v) is 2.27. The van der Waals surface area contributed by atoms with Crippen LogP contribution in [0.2, 0.25) is 0 Å². The summed E-state index contributed by atoms with van der Waals surface area (Å²) in [5.41, 5.74) is -0.598. The molecular weight excluding hydrogens is 260 g/mol. The standard InChI is InChI=1S/C14H16N2O4/c1-14(20)11-6-9(12(18)15(2)3)8(7-17)5-10(11)13(19)16(14)4/h5-7,20H,1-4H3. The Hall–Kier alpha value is -2.21. The zero-order valence-corrected chi connectivity index (χ0v) is 11.8. The van der Waals surface area contributed by atoms with Crippen LogP contribution in [0.25, 0.3) is 0 Å². The van der Waals surface area contributed by atoms with Crippen LogP contribution in [0.5, 0.6) is 0 Å². The second-order valence-corrected chi connectivity index (χ2v) is 5.19.